The minimum absolute atomic E-state index is 0.305. The van der Waals surface area contributed by atoms with Crippen LogP contribution >= 0.6 is 11.8 Å². The van der Waals surface area contributed by atoms with Crippen molar-refractivity contribution in [2.75, 3.05) is 18.2 Å². The van der Waals surface area contributed by atoms with Gasteiger partial charge in [-0.25, -0.2) is 4.68 Å². The van der Waals surface area contributed by atoms with Crippen LogP contribution < -0.4 is 15.6 Å². The number of hydrogen-bond donors (Lipinski definition) is 1. The molecule has 0 bridgehead atoms. The minimum atomic E-state index is -0.759. The van der Waals surface area contributed by atoms with Crippen molar-refractivity contribution in [2.24, 2.45) is 0 Å². The molecule has 1 unspecified atom stereocenters. The van der Waals surface area contributed by atoms with E-state index in [1.54, 1.807) is 24.8 Å². The second kappa shape index (κ2) is 9.43. The van der Waals surface area contributed by atoms with Crippen molar-refractivity contribution in [3.05, 3.63) is 71.0 Å². The topological polar surface area (TPSA) is 73.2 Å². The zero-order valence-electron chi connectivity index (χ0n) is 16.6. The van der Waals surface area contributed by atoms with Crippen molar-refractivity contribution in [3.63, 3.8) is 0 Å². The first kappa shape index (κ1) is 20.7. The number of hydrogen-bond acceptors (Lipinski definition) is 5. The fourth-order valence-electron chi connectivity index (χ4n) is 2.78. The molecule has 150 valence electrons. The summed E-state index contributed by atoms with van der Waals surface area (Å²) in [6.07, 6.45) is 1.99. The largest absolute Gasteiger partial charge is 0.494 e. The first-order valence-corrected chi connectivity index (χ1v) is 10.5. The highest BCUT2D eigenvalue weighted by Crippen LogP contribution is 2.21. The van der Waals surface area contributed by atoms with Gasteiger partial charge in [-0.3, -0.25) is 9.59 Å². The molecule has 1 atom stereocenters. The maximum Gasteiger partial charge on any atom is 0.267 e. The van der Waals surface area contributed by atoms with Crippen molar-refractivity contribution in [1.29, 1.82) is 0 Å². The van der Waals surface area contributed by atoms with Crippen LogP contribution in [0.2, 0.25) is 0 Å². The van der Waals surface area contributed by atoms with E-state index < -0.39 is 6.04 Å². The first-order valence-electron chi connectivity index (χ1n) is 9.30. The van der Waals surface area contributed by atoms with Crippen molar-refractivity contribution in [2.45, 2.75) is 24.8 Å². The summed E-state index contributed by atoms with van der Waals surface area (Å²) in [5, 5.41) is 7.24. The SMILES string of the molecule is CCOc1ccc(-c2ccc(=O)n(C(C)C(=O)Nc3ccc(SC)cc3)n2)cc1. The molecule has 0 aliphatic heterocycles. The molecule has 0 aliphatic rings. The second-order valence-corrected chi connectivity index (χ2v) is 7.23. The van der Waals surface area contributed by atoms with E-state index in [0.717, 1.165) is 16.2 Å². The van der Waals surface area contributed by atoms with Crippen LogP contribution in [0.15, 0.2) is 70.4 Å². The molecule has 0 spiro atoms. The Bertz CT molecular complexity index is 1030. The fourth-order valence-corrected chi connectivity index (χ4v) is 3.19. The molecule has 1 aromatic heterocycles. The van der Waals surface area contributed by atoms with Gasteiger partial charge in [-0.15, -0.1) is 11.8 Å². The van der Waals surface area contributed by atoms with Crippen molar-refractivity contribution in [1.82, 2.24) is 9.78 Å². The highest BCUT2D eigenvalue weighted by atomic mass is 32.2. The molecule has 0 saturated carbocycles. The molecular weight excluding hydrogens is 386 g/mol. The smallest absolute Gasteiger partial charge is 0.267 e. The summed E-state index contributed by atoms with van der Waals surface area (Å²) < 4.78 is 6.66. The average molecular weight is 410 g/mol. The Balaban J connectivity index is 1.80. The third-order valence-corrected chi connectivity index (χ3v) is 5.13. The van der Waals surface area contributed by atoms with Crippen LogP contribution in [0.5, 0.6) is 5.75 Å². The van der Waals surface area contributed by atoms with E-state index in [1.165, 1.54) is 10.7 Å². The van der Waals surface area contributed by atoms with Gasteiger partial charge < -0.3 is 10.1 Å². The highest BCUT2D eigenvalue weighted by molar-refractivity contribution is 7.98. The third kappa shape index (κ3) is 5.06. The summed E-state index contributed by atoms with van der Waals surface area (Å²) in [5.74, 6) is 0.463. The van der Waals surface area contributed by atoms with E-state index in [4.69, 9.17) is 4.74 Å². The van der Waals surface area contributed by atoms with Crippen LogP contribution in [0.1, 0.15) is 19.9 Å². The van der Waals surface area contributed by atoms with Gasteiger partial charge in [0.1, 0.15) is 11.8 Å². The summed E-state index contributed by atoms with van der Waals surface area (Å²) in [5.41, 5.74) is 1.79. The number of carbonyl (C=O) groups excluding carboxylic acids is 1. The first-order chi connectivity index (χ1) is 14.0. The number of rotatable bonds is 7. The standard InChI is InChI=1S/C22H23N3O3S/c1-4-28-18-9-5-16(6-10-18)20-13-14-21(26)25(24-20)15(2)22(27)23-17-7-11-19(29-3)12-8-17/h5-15H,4H2,1-3H3,(H,23,27). The molecule has 29 heavy (non-hydrogen) atoms. The van der Waals surface area contributed by atoms with Crippen LogP contribution in [0.3, 0.4) is 0 Å². The number of nitrogens with one attached hydrogen (secondary N) is 1. The quantitative estimate of drug-likeness (QED) is 0.591. The molecule has 7 heteroatoms. The normalized spacial score (nSPS) is 11.7. The summed E-state index contributed by atoms with van der Waals surface area (Å²) in [7, 11) is 0. The zero-order valence-corrected chi connectivity index (χ0v) is 17.4. The molecule has 0 fully saturated rings. The highest BCUT2D eigenvalue weighted by Gasteiger charge is 2.18. The number of benzene rings is 2. The maximum atomic E-state index is 12.7. The molecule has 1 amide bonds. The maximum absolute atomic E-state index is 12.7. The number of thioether (sulfide) groups is 1. The fraction of sp³-hybridized carbons (Fsp3) is 0.227. The molecular formula is C22H23N3O3S. The zero-order chi connectivity index (χ0) is 20.8. The van der Waals surface area contributed by atoms with E-state index in [-0.39, 0.29) is 11.5 Å². The minimum Gasteiger partial charge on any atom is -0.494 e. The van der Waals surface area contributed by atoms with Gasteiger partial charge in [-0.2, -0.15) is 5.10 Å². The van der Waals surface area contributed by atoms with Gasteiger partial charge in [-0.1, -0.05) is 0 Å². The van der Waals surface area contributed by atoms with Gasteiger partial charge in [0.05, 0.1) is 12.3 Å². The number of carbonyl (C=O) groups is 1. The molecule has 2 aromatic carbocycles. The predicted octanol–water partition coefficient (Wildman–Crippen LogP) is 4.23. The average Bonchev–Trinajstić information content (AvgIpc) is 2.75. The van der Waals surface area contributed by atoms with Gasteiger partial charge in [-0.05, 0) is 74.7 Å². The van der Waals surface area contributed by atoms with Gasteiger partial charge in [0.2, 0.25) is 5.91 Å². The number of ether oxygens (including phenoxy) is 1. The van der Waals surface area contributed by atoms with Crippen molar-refractivity contribution in [3.8, 4) is 17.0 Å². The Labute approximate surface area is 173 Å². The summed E-state index contributed by atoms with van der Waals surface area (Å²) >= 11 is 1.63. The summed E-state index contributed by atoms with van der Waals surface area (Å²) in [4.78, 5) is 26.1. The molecule has 3 aromatic rings. The summed E-state index contributed by atoms with van der Waals surface area (Å²) in [6.45, 7) is 4.17. The lowest BCUT2D eigenvalue weighted by Crippen LogP contribution is -2.33. The van der Waals surface area contributed by atoms with Crippen molar-refractivity contribution < 1.29 is 9.53 Å². The van der Waals surface area contributed by atoms with E-state index in [0.29, 0.717) is 18.0 Å². The number of amides is 1. The van der Waals surface area contributed by atoms with E-state index in [9.17, 15) is 9.59 Å². The Morgan fingerprint density at radius 2 is 1.79 bits per heavy atom. The molecule has 0 radical (unpaired) electrons. The van der Waals surface area contributed by atoms with Crippen molar-refractivity contribution >= 4 is 23.4 Å². The van der Waals surface area contributed by atoms with Crippen LogP contribution in [-0.2, 0) is 4.79 Å². The Hall–Kier alpha value is -3.06. The molecule has 1 N–H and O–H groups in total. The van der Waals surface area contributed by atoms with Crippen LogP contribution in [0, 0.1) is 0 Å². The van der Waals surface area contributed by atoms with E-state index in [1.807, 2.05) is 61.7 Å². The summed E-state index contributed by atoms with van der Waals surface area (Å²) in [6, 6.07) is 17.3. The molecule has 0 aliphatic carbocycles. The predicted molar refractivity (Wildman–Crippen MR) is 117 cm³/mol. The van der Waals surface area contributed by atoms with Crippen LogP contribution in [0.4, 0.5) is 5.69 Å². The molecule has 6 nitrogen and oxygen atoms in total. The van der Waals surface area contributed by atoms with Crippen LogP contribution in [-0.4, -0.2) is 28.6 Å². The van der Waals surface area contributed by atoms with E-state index in [2.05, 4.69) is 10.4 Å². The number of aromatic nitrogens is 2. The Kier molecular flexibility index (Phi) is 6.72. The van der Waals surface area contributed by atoms with E-state index >= 15 is 0 Å². The van der Waals surface area contributed by atoms with Gasteiger partial charge in [0.15, 0.2) is 0 Å². The third-order valence-electron chi connectivity index (χ3n) is 4.39. The lowest BCUT2D eigenvalue weighted by Gasteiger charge is -2.15. The van der Waals surface area contributed by atoms with Crippen LogP contribution in [0.25, 0.3) is 11.3 Å². The van der Waals surface area contributed by atoms with Gasteiger partial charge in [0.25, 0.3) is 5.56 Å². The lowest BCUT2D eigenvalue weighted by atomic mass is 10.1. The monoisotopic (exact) mass is 409 g/mol. The Morgan fingerprint density at radius 3 is 2.41 bits per heavy atom. The molecule has 1 heterocycles. The number of anilines is 1. The molecule has 0 saturated heterocycles. The molecule has 3 rings (SSSR count). The second-order valence-electron chi connectivity index (χ2n) is 6.35. The Morgan fingerprint density at radius 1 is 1.10 bits per heavy atom. The van der Waals surface area contributed by atoms with Gasteiger partial charge in [0, 0.05) is 22.2 Å². The number of nitrogens with zero attached hydrogens (tertiary/aromatic N) is 2. The lowest BCUT2D eigenvalue weighted by molar-refractivity contribution is -0.119. The van der Waals surface area contributed by atoms with Gasteiger partial charge >= 0.3 is 0 Å².